The van der Waals surface area contributed by atoms with E-state index >= 15 is 0 Å². The molecule has 0 bridgehead atoms. The summed E-state index contributed by atoms with van der Waals surface area (Å²) in [6.07, 6.45) is -0.527. The molecule has 20 heavy (non-hydrogen) atoms. The highest BCUT2D eigenvalue weighted by molar-refractivity contribution is 5.84. The molecule has 1 aliphatic heterocycles. The van der Waals surface area contributed by atoms with Gasteiger partial charge >= 0.3 is 6.09 Å². The third-order valence-corrected chi connectivity index (χ3v) is 2.89. The summed E-state index contributed by atoms with van der Waals surface area (Å²) in [5.41, 5.74) is 1.13. The van der Waals surface area contributed by atoms with E-state index < -0.39 is 6.09 Å². The average molecular weight is 275 g/mol. The van der Waals surface area contributed by atoms with Crippen LogP contribution in [0.1, 0.15) is 12.5 Å². The van der Waals surface area contributed by atoms with Gasteiger partial charge in [0.05, 0.1) is 17.7 Å². The van der Waals surface area contributed by atoms with Crippen molar-refractivity contribution in [1.29, 1.82) is 5.26 Å². The molecule has 2 rings (SSSR count). The first-order chi connectivity index (χ1) is 9.67. The van der Waals surface area contributed by atoms with Gasteiger partial charge in [0.2, 0.25) is 0 Å². The number of anilines is 1. The lowest BCUT2D eigenvalue weighted by Gasteiger charge is -2.28. The molecule has 2 atom stereocenters. The Hall–Kier alpha value is -2.10. The maximum absolute atomic E-state index is 11.6. The lowest BCUT2D eigenvalue weighted by Crippen LogP contribution is -2.45. The minimum atomic E-state index is -0.531. The number of hydrogen-bond donors (Lipinski definition) is 2. The molecule has 1 amide bonds. The lowest BCUT2D eigenvalue weighted by molar-refractivity contribution is -0.0533. The van der Waals surface area contributed by atoms with E-state index in [2.05, 4.69) is 10.6 Å². The summed E-state index contributed by atoms with van der Waals surface area (Å²) in [7, 11) is 0. The Balaban J connectivity index is 1.76. The van der Waals surface area contributed by atoms with Crippen LogP contribution < -0.4 is 10.6 Å². The van der Waals surface area contributed by atoms with Crippen LogP contribution in [-0.2, 0) is 9.47 Å². The number of nitriles is 1. The highest BCUT2D eigenvalue weighted by Gasteiger charge is 2.20. The summed E-state index contributed by atoms with van der Waals surface area (Å²) in [5, 5.41) is 14.5. The minimum Gasteiger partial charge on any atom is -0.446 e. The van der Waals surface area contributed by atoms with Crippen LogP contribution in [0.5, 0.6) is 0 Å². The van der Waals surface area contributed by atoms with Crippen LogP contribution in [0, 0.1) is 11.3 Å². The van der Waals surface area contributed by atoms with Gasteiger partial charge in [0.25, 0.3) is 0 Å². The number of rotatable bonds is 3. The third-order valence-electron chi connectivity index (χ3n) is 2.89. The molecule has 1 aromatic rings. The summed E-state index contributed by atoms with van der Waals surface area (Å²) in [6.45, 7) is 3.66. The van der Waals surface area contributed by atoms with Gasteiger partial charge in [-0.3, -0.25) is 5.32 Å². The van der Waals surface area contributed by atoms with Crippen molar-refractivity contribution >= 4 is 11.8 Å². The Bertz CT molecular complexity index is 495. The molecule has 1 saturated heterocycles. The molecule has 0 radical (unpaired) electrons. The molecule has 106 valence electrons. The fourth-order valence-electron chi connectivity index (χ4n) is 1.92. The summed E-state index contributed by atoms with van der Waals surface area (Å²) in [5.74, 6) is 0. The Morgan fingerprint density at radius 1 is 1.50 bits per heavy atom. The number of amides is 1. The van der Waals surface area contributed by atoms with Crippen LogP contribution in [0.2, 0.25) is 0 Å². The summed E-state index contributed by atoms with van der Waals surface area (Å²) < 4.78 is 10.7. The van der Waals surface area contributed by atoms with Crippen LogP contribution in [-0.4, -0.2) is 38.0 Å². The molecule has 1 aromatic carbocycles. The van der Waals surface area contributed by atoms with Crippen LogP contribution in [0.25, 0.3) is 0 Å². The lowest BCUT2D eigenvalue weighted by atomic mass is 10.2. The number of nitrogens with zero attached hydrogens (tertiary/aromatic N) is 1. The molecule has 6 heteroatoms. The van der Waals surface area contributed by atoms with Gasteiger partial charge in [-0.15, -0.1) is 0 Å². The average Bonchev–Trinajstić information content (AvgIpc) is 2.46. The van der Waals surface area contributed by atoms with E-state index in [-0.39, 0.29) is 18.8 Å². The Morgan fingerprint density at radius 3 is 2.90 bits per heavy atom. The van der Waals surface area contributed by atoms with Crippen molar-refractivity contribution in [2.75, 3.05) is 25.0 Å². The third kappa shape index (κ3) is 4.23. The van der Waals surface area contributed by atoms with E-state index in [1.165, 1.54) is 0 Å². The molecular formula is C14H17N3O3. The van der Waals surface area contributed by atoms with E-state index in [1.54, 1.807) is 24.3 Å². The first-order valence-electron chi connectivity index (χ1n) is 6.47. The van der Waals surface area contributed by atoms with E-state index in [0.717, 1.165) is 6.54 Å². The first-order valence-corrected chi connectivity index (χ1v) is 6.47. The number of benzene rings is 1. The van der Waals surface area contributed by atoms with Crippen molar-refractivity contribution in [2.45, 2.75) is 19.1 Å². The van der Waals surface area contributed by atoms with Gasteiger partial charge in [-0.2, -0.15) is 5.26 Å². The van der Waals surface area contributed by atoms with E-state index in [0.29, 0.717) is 17.8 Å². The van der Waals surface area contributed by atoms with Crippen molar-refractivity contribution in [3.63, 3.8) is 0 Å². The number of carbonyl (C=O) groups excluding carboxylic acids is 1. The molecule has 6 nitrogen and oxygen atoms in total. The van der Waals surface area contributed by atoms with Gasteiger partial charge in [0.15, 0.2) is 0 Å². The summed E-state index contributed by atoms with van der Waals surface area (Å²) >= 11 is 0. The molecule has 0 saturated carbocycles. The molecule has 0 spiro atoms. The standard InChI is InChI=1S/C14H17N3O3/c1-10-7-16-8-13(20-10)9-19-14(18)17-12-4-2-11(6-15)3-5-12/h2-5,10,13,16H,7-9H2,1H3,(H,17,18). The minimum absolute atomic E-state index is 0.120. The van der Waals surface area contributed by atoms with Crippen LogP contribution in [0.15, 0.2) is 24.3 Å². The van der Waals surface area contributed by atoms with Gasteiger partial charge in [0, 0.05) is 18.8 Å². The van der Waals surface area contributed by atoms with Crippen LogP contribution in [0.4, 0.5) is 10.5 Å². The van der Waals surface area contributed by atoms with Gasteiger partial charge in [-0.1, -0.05) is 0 Å². The molecule has 2 unspecified atom stereocenters. The van der Waals surface area contributed by atoms with Crippen molar-refractivity contribution in [3.05, 3.63) is 29.8 Å². The fraction of sp³-hybridized carbons (Fsp3) is 0.429. The Labute approximate surface area is 117 Å². The maximum atomic E-state index is 11.6. The SMILES string of the molecule is CC1CNCC(COC(=O)Nc2ccc(C#N)cc2)O1. The van der Waals surface area contributed by atoms with Gasteiger partial charge < -0.3 is 14.8 Å². The van der Waals surface area contributed by atoms with Crippen molar-refractivity contribution in [3.8, 4) is 6.07 Å². The van der Waals surface area contributed by atoms with Gasteiger partial charge in [0.1, 0.15) is 12.7 Å². The van der Waals surface area contributed by atoms with Crippen molar-refractivity contribution < 1.29 is 14.3 Å². The highest BCUT2D eigenvalue weighted by Crippen LogP contribution is 2.09. The molecule has 1 fully saturated rings. The van der Waals surface area contributed by atoms with E-state index in [1.807, 2.05) is 13.0 Å². The smallest absolute Gasteiger partial charge is 0.411 e. The second-order valence-corrected chi connectivity index (χ2v) is 4.64. The normalized spacial score (nSPS) is 21.8. The van der Waals surface area contributed by atoms with Crippen molar-refractivity contribution in [1.82, 2.24) is 5.32 Å². The molecule has 0 aliphatic carbocycles. The molecular weight excluding hydrogens is 258 g/mol. The molecule has 0 aromatic heterocycles. The van der Waals surface area contributed by atoms with Crippen LogP contribution in [0.3, 0.4) is 0 Å². The number of ether oxygens (including phenoxy) is 2. The zero-order valence-electron chi connectivity index (χ0n) is 11.3. The van der Waals surface area contributed by atoms with Gasteiger partial charge in [-0.05, 0) is 31.2 Å². The highest BCUT2D eigenvalue weighted by atomic mass is 16.6. The number of hydrogen-bond acceptors (Lipinski definition) is 5. The Morgan fingerprint density at radius 2 is 2.25 bits per heavy atom. The van der Waals surface area contributed by atoms with E-state index in [9.17, 15) is 4.79 Å². The number of nitrogens with one attached hydrogen (secondary N) is 2. The first kappa shape index (κ1) is 14.3. The predicted octanol–water partition coefficient (Wildman–Crippen LogP) is 1.48. The fourth-order valence-corrected chi connectivity index (χ4v) is 1.92. The molecule has 2 N–H and O–H groups in total. The molecule has 1 aliphatic rings. The quantitative estimate of drug-likeness (QED) is 0.873. The predicted molar refractivity (Wildman–Crippen MR) is 73.3 cm³/mol. The van der Waals surface area contributed by atoms with Crippen LogP contribution >= 0.6 is 0 Å². The van der Waals surface area contributed by atoms with E-state index in [4.69, 9.17) is 14.7 Å². The summed E-state index contributed by atoms with van der Waals surface area (Å²) in [4.78, 5) is 11.6. The number of carbonyl (C=O) groups is 1. The van der Waals surface area contributed by atoms with Gasteiger partial charge in [-0.25, -0.2) is 4.79 Å². The zero-order chi connectivity index (χ0) is 14.4. The van der Waals surface area contributed by atoms with Crippen molar-refractivity contribution in [2.24, 2.45) is 0 Å². The monoisotopic (exact) mass is 275 g/mol. The second kappa shape index (κ2) is 6.89. The topological polar surface area (TPSA) is 83.4 Å². The second-order valence-electron chi connectivity index (χ2n) is 4.64. The number of morpholine rings is 1. The zero-order valence-corrected chi connectivity index (χ0v) is 11.3. The Kier molecular flexibility index (Phi) is 4.93. The molecule has 1 heterocycles. The maximum Gasteiger partial charge on any atom is 0.411 e. The summed E-state index contributed by atoms with van der Waals surface area (Å²) in [6, 6.07) is 8.58. The largest absolute Gasteiger partial charge is 0.446 e.